The molecule has 0 spiro atoms. The molecule has 1 heterocycles. The minimum Gasteiger partial charge on any atom is -0.310 e. The fourth-order valence-corrected chi connectivity index (χ4v) is 1.43. The standard InChI is InChI=1S/C10H13FN2/c11-9-4-8(5-12-7-9)6-13-10-2-1-3-10/h4-5,7,10,13H,1-3,6H2. The molecule has 1 fully saturated rings. The first-order valence-electron chi connectivity index (χ1n) is 4.67. The summed E-state index contributed by atoms with van der Waals surface area (Å²) in [6.45, 7) is 0.732. The number of rotatable bonds is 3. The Labute approximate surface area is 77.2 Å². The lowest BCUT2D eigenvalue weighted by molar-refractivity contribution is 0.338. The van der Waals surface area contributed by atoms with Crippen LogP contribution in [0, 0.1) is 5.82 Å². The van der Waals surface area contributed by atoms with Gasteiger partial charge in [-0.1, -0.05) is 6.42 Å². The first-order valence-corrected chi connectivity index (χ1v) is 4.67. The summed E-state index contributed by atoms with van der Waals surface area (Å²) >= 11 is 0. The first kappa shape index (κ1) is 8.63. The van der Waals surface area contributed by atoms with Crippen molar-refractivity contribution in [2.75, 3.05) is 0 Å². The van der Waals surface area contributed by atoms with Crippen LogP contribution in [-0.2, 0) is 6.54 Å². The molecule has 70 valence electrons. The number of halogens is 1. The molecule has 0 atom stereocenters. The molecule has 1 aromatic heterocycles. The van der Waals surface area contributed by atoms with Crippen LogP contribution in [-0.4, -0.2) is 11.0 Å². The van der Waals surface area contributed by atoms with E-state index in [1.165, 1.54) is 31.5 Å². The Bertz CT molecular complexity index is 284. The van der Waals surface area contributed by atoms with Crippen LogP contribution in [0.25, 0.3) is 0 Å². The van der Waals surface area contributed by atoms with Crippen LogP contribution in [0.4, 0.5) is 4.39 Å². The van der Waals surface area contributed by atoms with Crippen molar-refractivity contribution in [2.45, 2.75) is 31.8 Å². The largest absolute Gasteiger partial charge is 0.310 e. The predicted molar refractivity (Wildman–Crippen MR) is 48.7 cm³/mol. The minimum atomic E-state index is -0.257. The van der Waals surface area contributed by atoms with Crippen LogP contribution < -0.4 is 5.32 Å². The van der Waals surface area contributed by atoms with Gasteiger partial charge in [0.25, 0.3) is 0 Å². The second kappa shape index (κ2) is 3.83. The maximum atomic E-state index is 12.7. The van der Waals surface area contributed by atoms with Crippen molar-refractivity contribution in [3.8, 4) is 0 Å². The zero-order valence-electron chi connectivity index (χ0n) is 7.46. The van der Waals surface area contributed by atoms with Gasteiger partial charge in [-0.25, -0.2) is 4.39 Å². The molecule has 2 nitrogen and oxygen atoms in total. The molecule has 0 bridgehead atoms. The fourth-order valence-electron chi connectivity index (χ4n) is 1.43. The summed E-state index contributed by atoms with van der Waals surface area (Å²) in [4.78, 5) is 3.79. The summed E-state index contributed by atoms with van der Waals surface area (Å²) < 4.78 is 12.7. The summed E-state index contributed by atoms with van der Waals surface area (Å²) in [6, 6.07) is 2.17. The van der Waals surface area contributed by atoms with E-state index in [2.05, 4.69) is 10.3 Å². The zero-order valence-corrected chi connectivity index (χ0v) is 7.46. The highest BCUT2D eigenvalue weighted by Gasteiger charge is 2.15. The van der Waals surface area contributed by atoms with Gasteiger partial charge in [-0.2, -0.15) is 0 Å². The number of pyridine rings is 1. The number of nitrogens with zero attached hydrogens (tertiary/aromatic N) is 1. The molecule has 0 saturated heterocycles. The van der Waals surface area contributed by atoms with Gasteiger partial charge in [0, 0.05) is 18.8 Å². The molecule has 0 radical (unpaired) electrons. The number of aromatic nitrogens is 1. The monoisotopic (exact) mass is 180 g/mol. The Kier molecular flexibility index (Phi) is 2.54. The van der Waals surface area contributed by atoms with Crippen LogP contribution in [0.1, 0.15) is 24.8 Å². The summed E-state index contributed by atoms with van der Waals surface area (Å²) in [6.07, 6.45) is 6.76. The lowest BCUT2D eigenvalue weighted by Gasteiger charge is -2.26. The maximum Gasteiger partial charge on any atom is 0.141 e. The normalized spacial score (nSPS) is 17.0. The van der Waals surface area contributed by atoms with E-state index in [9.17, 15) is 4.39 Å². The van der Waals surface area contributed by atoms with Crippen molar-refractivity contribution in [1.29, 1.82) is 0 Å². The molecule has 3 heteroatoms. The van der Waals surface area contributed by atoms with E-state index in [0.717, 1.165) is 12.1 Å². The zero-order chi connectivity index (χ0) is 9.10. The molecule has 0 amide bonds. The van der Waals surface area contributed by atoms with Gasteiger partial charge >= 0.3 is 0 Å². The average molecular weight is 180 g/mol. The van der Waals surface area contributed by atoms with Crippen LogP contribution in [0.2, 0.25) is 0 Å². The van der Waals surface area contributed by atoms with E-state index in [-0.39, 0.29) is 5.82 Å². The highest BCUT2D eigenvalue weighted by molar-refractivity contribution is 5.09. The van der Waals surface area contributed by atoms with E-state index in [0.29, 0.717) is 6.04 Å². The molecule has 0 aliphatic heterocycles. The van der Waals surface area contributed by atoms with Crippen LogP contribution in [0.3, 0.4) is 0 Å². The Balaban J connectivity index is 1.86. The van der Waals surface area contributed by atoms with E-state index in [1.807, 2.05) is 0 Å². The van der Waals surface area contributed by atoms with Crippen molar-refractivity contribution in [1.82, 2.24) is 10.3 Å². The average Bonchev–Trinajstić information content (AvgIpc) is 2.01. The van der Waals surface area contributed by atoms with Crippen LogP contribution in [0.15, 0.2) is 18.5 Å². The SMILES string of the molecule is Fc1cncc(CNC2CCC2)c1. The van der Waals surface area contributed by atoms with E-state index in [1.54, 1.807) is 6.20 Å². The van der Waals surface area contributed by atoms with Crippen molar-refractivity contribution < 1.29 is 4.39 Å². The molecule has 1 aliphatic rings. The molecule has 13 heavy (non-hydrogen) atoms. The molecule has 1 N–H and O–H groups in total. The third kappa shape index (κ3) is 2.25. The van der Waals surface area contributed by atoms with E-state index < -0.39 is 0 Å². The Morgan fingerprint density at radius 1 is 1.46 bits per heavy atom. The van der Waals surface area contributed by atoms with Gasteiger partial charge in [-0.05, 0) is 24.5 Å². The second-order valence-corrected chi connectivity index (χ2v) is 3.52. The maximum absolute atomic E-state index is 12.7. The quantitative estimate of drug-likeness (QED) is 0.768. The van der Waals surface area contributed by atoms with Gasteiger partial charge in [0.05, 0.1) is 6.20 Å². The summed E-state index contributed by atoms with van der Waals surface area (Å²) in [5.74, 6) is -0.257. The highest BCUT2D eigenvalue weighted by atomic mass is 19.1. The van der Waals surface area contributed by atoms with Gasteiger partial charge in [-0.3, -0.25) is 4.98 Å². The highest BCUT2D eigenvalue weighted by Crippen LogP contribution is 2.18. The summed E-state index contributed by atoms with van der Waals surface area (Å²) in [5, 5.41) is 3.36. The molecule has 1 saturated carbocycles. The Hall–Kier alpha value is -0.960. The molecular weight excluding hydrogens is 167 g/mol. The van der Waals surface area contributed by atoms with Gasteiger partial charge in [0.2, 0.25) is 0 Å². The molecule has 1 aromatic rings. The van der Waals surface area contributed by atoms with Gasteiger partial charge in [0.1, 0.15) is 5.82 Å². The molecule has 0 unspecified atom stereocenters. The van der Waals surface area contributed by atoms with Gasteiger partial charge < -0.3 is 5.32 Å². The molecule has 2 rings (SSSR count). The van der Waals surface area contributed by atoms with Crippen molar-refractivity contribution in [2.24, 2.45) is 0 Å². The molecule has 0 aromatic carbocycles. The fraction of sp³-hybridized carbons (Fsp3) is 0.500. The molecular formula is C10H13FN2. The summed E-state index contributed by atoms with van der Waals surface area (Å²) in [5.41, 5.74) is 0.923. The Morgan fingerprint density at radius 3 is 2.92 bits per heavy atom. The number of nitrogens with one attached hydrogen (secondary N) is 1. The lowest BCUT2D eigenvalue weighted by Crippen LogP contribution is -2.34. The third-order valence-electron chi connectivity index (χ3n) is 2.46. The predicted octanol–water partition coefficient (Wildman–Crippen LogP) is 1.86. The van der Waals surface area contributed by atoms with Crippen molar-refractivity contribution in [3.63, 3.8) is 0 Å². The first-order chi connectivity index (χ1) is 6.34. The number of hydrogen-bond acceptors (Lipinski definition) is 2. The van der Waals surface area contributed by atoms with Crippen molar-refractivity contribution >= 4 is 0 Å². The third-order valence-corrected chi connectivity index (χ3v) is 2.46. The van der Waals surface area contributed by atoms with Gasteiger partial charge in [-0.15, -0.1) is 0 Å². The summed E-state index contributed by atoms with van der Waals surface area (Å²) in [7, 11) is 0. The number of hydrogen-bond donors (Lipinski definition) is 1. The smallest absolute Gasteiger partial charge is 0.141 e. The Morgan fingerprint density at radius 2 is 2.31 bits per heavy atom. The van der Waals surface area contributed by atoms with Crippen LogP contribution in [0.5, 0.6) is 0 Å². The minimum absolute atomic E-state index is 0.257. The van der Waals surface area contributed by atoms with Gasteiger partial charge in [0.15, 0.2) is 0 Å². The van der Waals surface area contributed by atoms with Crippen molar-refractivity contribution in [3.05, 3.63) is 29.8 Å². The van der Waals surface area contributed by atoms with E-state index >= 15 is 0 Å². The lowest BCUT2D eigenvalue weighted by atomic mass is 9.93. The van der Waals surface area contributed by atoms with Crippen LogP contribution >= 0.6 is 0 Å². The topological polar surface area (TPSA) is 24.9 Å². The molecule has 1 aliphatic carbocycles. The second-order valence-electron chi connectivity index (χ2n) is 3.52. The van der Waals surface area contributed by atoms with E-state index in [4.69, 9.17) is 0 Å².